The summed E-state index contributed by atoms with van der Waals surface area (Å²) in [6.07, 6.45) is 17.8. The van der Waals surface area contributed by atoms with Gasteiger partial charge in [-0.1, -0.05) is 90.8 Å². The van der Waals surface area contributed by atoms with E-state index in [9.17, 15) is 0 Å². The van der Waals surface area contributed by atoms with Crippen molar-refractivity contribution in [3.63, 3.8) is 0 Å². The lowest BCUT2D eigenvalue weighted by Crippen LogP contribution is -2.17. The van der Waals surface area contributed by atoms with Gasteiger partial charge in [-0.25, -0.2) is 9.97 Å². The number of hydrogen-bond donors (Lipinski definition) is 0. The third-order valence-electron chi connectivity index (χ3n) is 8.47. The first-order chi connectivity index (χ1) is 22.1. The monoisotopic (exact) mass is 630 g/mol. The maximum Gasteiger partial charge on any atom is 0.310 e. The molecule has 1 aliphatic heterocycles. The molecule has 7 heteroatoms. The van der Waals surface area contributed by atoms with E-state index in [-0.39, 0.29) is 6.29 Å². The van der Waals surface area contributed by atoms with Gasteiger partial charge in [0, 0.05) is 48.7 Å². The summed E-state index contributed by atoms with van der Waals surface area (Å²) in [7, 11) is 0.443. The lowest BCUT2D eigenvalue weighted by Gasteiger charge is -2.17. The highest BCUT2D eigenvalue weighted by Gasteiger charge is 2.24. The number of benzene rings is 2. The molecule has 4 rings (SSSR count). The van der Waals surface area contributed by atoms with Crippen LogP contribution in [0.2, 0.25) is 6.04 Å². The second-order valence-electron chi connectivity index (χ2n) is 12.7. The molecule has 0 aliphatic carbocycles. The molecule has 0 N–H and O–H groups in total. The van der Waals surface area contributed by atoms with Gasteiger partial charge in [-0.2, -0.15) is 0 Å². The summed E-state index contributed by atoms with van der Waals surface area (Å²) in [5.74, 6) is 4.63. The molecule has 0 saturated carbocycles. The van der Waals surface area contributed by atoms with Crippen molar-refractivity contribution in [2.75, 3.05) is 13.2 Å². The van der Waals surface area contributed by atoms with Crippen molar-refractivity contribution in [2.45, 2.75) is 117 Å². The van der Waals surface area contributed by atoms with Crippen molar-refractivity contribution in [3.8, 4) is 39.8 Å². The van der Waals surface area contributed by atoms with E-state index in [1.165, 1.54) is 51.4 Å². The number of rotatable bonds is 22. The van der Waals surface area contributed by atoms with Gasteiger partial charge in [0.05, 0.1) is 0 Å². The van der Waals surface area contributed by atoms with Crippen molar-refractivity contribution in [1.82, 2.24) is 9.97 Å². The van der Waals surface area contributed by atoms with Gasteiger partial charge >= 0.3 is 9.76 Å². The van der Waals surface area contributed by atoms with Crippen LogP contribution in [0.3, 0.4) is 0 Å². The standard InChI is InChI=1S/C38H54N2O4Si/c1-5-7-9-13-22-41-23-14-12-18-37-42-35-20-19-31(26-36(35)43-37)38-39-27-32(28-40-38)33-16-10-11-17-34(33)44-45-24-21-30(4)25-29(3)15-8-6-2/h10-11,16-17,19-20,26-30,37H,5-9,12-15,18,21-25H2,1-4H3. The minimum Gasteiger partial charge on any atom is -0.540 e. The van der Waals surface area contributed by atoms with Gasteiger partial charge in [0.2, 0.25) is 6.29 Å². The first kappa shape index (κ1) is 35.0. The van der Waals surface area contributed by atoms with Crippen molar-refractivity contribution in [3.05, 3.63) is 54.9 Å². The zero-order valence-corrected chi connectivity index (χ0v) is 29.1. The van der Waals surface area contributed by atoms with E-state index in [0.717, 1.165) is 90.7 Å². The third kappa shape index (κ3) is 11.8. The van der Waals surface area contributed by atoms with Crippen LogP contribution in [0.4, 0.5) is 0 Å². The van der Waals surface area contributed by atoms with Crippen LogP contribution in [-0.4, -0.2) is 39.2 Å². The number of aromatic nitrogens is 2. The highest BCUT2D eigenvalue weighted by molar-refractivity contribution is 6.28. The number of unbranched alkanes of at least 4 members (excludes halogenated alkanes) is 5. The fraction of sp³-hybridized carbons (Fsp3) is 0.579. The number of ether oxygens (including phenoxy) is 3. The molecule has 3 atom stereocenters. The molecular formula is C38H54N2O4Si. The molecule has 0 bridgehead atoms. The summed E-state index contributed by atoms with van der Waals surface area (Å²) < 4.78 is 24.2. The Morgan fingerprint density at radius 1 is 0.778 bits per heavy atom. The summed E-state index contributed by atoms with van der Waals surface area (Å²) in [5.41, 5.74) is 2.88. The van der Waals surface area contributed by atoms with Gasteiger partial charge in [0.25, 0.3) is 0 Å². The topological polar surface area (TPSA) is 62.7 Å². The fourth-order valence-electron chi connectivity index (χ4n) is 5.83. The quantitative estimate of drug-likeness (QED) is 0.0813. The zero-order chi connectivity index (χ0) is 31.7. The summed E-state index contributed by atoms with van der Waals surface area (Å²) >= 11 is 0. The van der Waals surface area contributed by atoms with Crippen LogP contribution in [0.25, 0.3) is 22.5 Å². The largest absolute Gasteiger partial charge is 0.540 e. The van der Waals surface area contributed by atoms with Crippen LogP contribution >= 0.6 is 0 Å². The normalized spacial score (nSPS) is 15.2. The Morgan fingerprint density at radius 3 is 2.31 bits per heavy atom. The summed E-state index contributed by atoms with van der Waals surface area (Å²) in [4.78, 5) is 9.41. The molecule has 0 amide bonds. The molecule has 0 saturated heterocycles. The van der Waals surface area contributed by atoms with Crippen LogP contribution < -0.4 is 13.9 Å². The Balaban J connectivity index is 1.23. The molecule has 2 radical (unpaired) electrons. The van der Waals surface area contributed by atoms with Crippen molar-refractivity contribution in [1.29, 1.82) is 0 Å². The minimum atomic E-state index is -0.252. The second-order valence-corrected chi connectivity index (χ2v) is 13.7. The molecular weight excluding hydrogens is 577 g/mol. The molecule has 0 fully saturated rings. The Bertz CT molecular complexity index is 1250. The van der Waals surface area contributed by atoms with Crippen molar-refractivity contribution in [2.24, 2.45) is 11.8 Å². The average Bonchev–Trinajstić information content (AvgIpc) is 3.47. The summed E-state index contributed by atoms with van der Waals surface area (Å²) in [6, 6.07) is 15.2. The van der Waals surface area contributed by atoms with E-state index in [1.807, 2.05) is 48.8 Å². The SMILES string of the molecule is CCCCCCOCCCCC1Oc2ccc(-c3ncc(-c4ccccc4O[Si]CCC(C)CC(C)CCCC)cn3)cc2O1. The van der Waals surface area contributed by atoms with Crippen molar-refractivity contribution >= 4 is 9.76 Å². The van der Waals surface area contributed by atoms with Gasteiger partial charge in [0.1, 0.15) is 5.75 Å². The molecule has 45 heavy (non-hydrogen) atoms. The molecule has 6 nitrogen and oxygen atoms in total. The van der Waals surface area contributed by atoms with Crippen LogP contribution in [0.1, 0.15) is 105 Å². The Kier molecular flexibility index (Phi) is 15.2. The van der Waals surface area contributed by atoms with E-state index < -0.39 is 0 Å². The number of nitrogens with zero attached hydrogens (tertiary/aromatic N) is 2. The summed E-state index contributed by atoms with van der Waals surface area (Å²) in [5, 5.41) is 0. The molecule has 2 aromatic carbocycles. The van der Waals surface area contributed by atoms with Gasteiger partial charge in [-0.15, -0.1) is 0 Å². The third-order valence-corrected chi connectivity index (χ3v) is 9.32. The first-order valence-corrected chi connectivity index (χ1v) is 18.6. The molecule has 1 aliphatic rings. The zero-order valence-electron chi connectivity index (χ0n) is 28.1. The fourth-order valence-corrected chi connectivity index (χ4v) is 6.88. The molecule has 0 spiro atoms. The van der Waals surface area contributed by atoms with Gasteiger partial charge in [-0.3, -0.25) is 0 Å². The smallest absolute Gasteiger partial charge is 0.310 e. The molecule has 244 valence electrons. The predicted octanol–water partition coefficient (Wildman–Crippen LogP) is 10.3. The predicted molar refractivity (Wildman–Crippen MR) is 185 cm³/mol. The van der Waals surface area contributed by atoms with Gasteiger partial charge in [0.15, 0.2) is 17.3 Å². The second kappa shape index (κ2) is 19.6. The average molecular weight is 631 g/mol. The van der Waals surface area contributed by atoms with Crippen molar-refractivity contribution < 1.29 is 18.6 Å². The lowest BCUT2D eigenvalue weighted by atomic mass is 9.92. The highest BCUT2D eigenvalue weighted by atomic mass is 28.2. The van der Waals surface area contributed by atoms with Crippen LogP contribution in [0.15, 0.2) is 54.9 Å². The molecule has 3 unspecified atom stereocenters. The molecule has 2 heterocycles. The van der Waals surface area contributed by atoms with Gasteiger partial charge in [-0.05, 0) is 67.8 Å². The first-order valence-electron chi connectivity index (χ1n) is 17.4. The maximum atomic E-state index is 6.29. The molecule has 3 aromatic rings. The van der Waals surface area contributed by atoms with E-state index in [0.29, 0.717) is 15.6 Å². The number of fused-ring (bicyclic) bond motifs is 1. The molecule has 1 aromatic heterocycles. The van der Waals surface area contributed by atoms with Crippen LogP contribution in [-0.2, 0) is 4.74 Å². The Hall–Kier alpha value is -2.90. The Labute approximate surface area is 274 Å². The van der Waals surface area contributed by atoms with Gasteiger partial charge < -0.3 is 18.6 Å². The van der Waals surface area contributed by atoms with E-state index in [4.69, 9.17) is 28.6 Å². The summed E-state index contributed by atoms with van der Waals surface area (Å²) in [6.45, 7) is 11.0. The minimum absolute atomic E-state index is 0.252. The number of para-hydroxylation sites is 1. The van der Waals surface area contributed by atoms with E-state index in [1.54, 1.807) is 0 Å². The lowest BCUT2D eigenvalue weighted by molar-refractivity contribution is 0.0366. The highest BCUT2D eigenvalue weighted by Crippen LogP contribution is 2.39. The van der Waals surface area contributed by atoms with E-state index in [2.05, 4.69) is 33.8 Å². The van der Waals surface area contributed by atoms with Crippen LogP contribution in [0.5, 0.6) is 17.2 Å². The number of hydrogen-bond acceptors (Lipinski definition) is 6. The maximum absolute atomic E-state index is 6.29. The Morgan fingerprint density at radius 2 is 1.51 bits per heavy atom. The van der Waals surface area contributed by atoms with Crippen LogP contribution in [0, 0.1) is 11.8 Å². The van der Waals surface area contributed by atoms with E-state index >= 15 is 0 Å².